The van der Waals surface area contributed by atoms with Crippen LogP contribution in [0, 0.1) is 11.6 Å². The van der Waals surface area contributed by atoms with Crippen molar-refractivity contribution in [2.24, 2.45) is 0 Å². The van der Waals surface area contributed by atoms with Crippen LogP contribution in [0.15, 0.2) is 67.1 Å². The van der Waals surface area contributed by atoms with Gasteiger partial charge in [0.25, 0.3) is 5.91 Å². The molecule has 7 nitrogen and oxygen atoms in total. The fourth-order valence-electron chi connectivity index (χ4n) is 4.04. The monoisotopic (exact) mass is 434 g/mol. The van der Waals surface area contributed by atoms with Crippen LogP contribution < -0.4 is 10.6 Å². The standard InChI is InChI=1S/C23H16F2N4O3/c24-16-6-3-14-11-29(20(30)18(14)9-16)12-23(21(31)27-22(32)28-23)15-4-1-13(2-5-15)17-7-8-26-10-19(17)25/h1-11,30H,12H2,(H2,27,28,31,32)/t23-/m0/s1. The van der Waals surface area contributed by atoms with Crippen LogP contribution in [0.3, 0.4) is 0 Å². The van der Waals surface area contributed by atoms with Crippen molar-refractivity contribution in [3.05, 3.63) is 84.3 Å². The van der Waals surface area contributed by atoms with E-state index in [2.05, 4.69) is 15.6 Å². The molecule has 2 aromatic carbocycles. The second kappa shape index (κ2) is 7.16. The van der Waals surface area contributed by atoms with Crippen LogP contribution in [0.4, 0.5) is 13.6 Å². The Morgan fingerprint density at radius 1 is 1.06 bits per heavy atom. The van der Waals surface area contributed by atoms with E-state index in [4.69, 9.17) is 0 Å². The number of hydrogen-bond acceptors (Lipinski definition) is 4. The molecule has 0 saturated carbocycles. The highest BCUT2D eigenvalue weighted by molar-refractivity contribution is 6.07. The molecule has 1 fully saturated rings. The van der Waals surface area contributed by atoms with Crippen molar-refractivity contribution in [2.45, 2.75) is 12.1 Å². The topological polar surface area (TPSA) is 96.2 Å². The van der Waals surface area contributed by atoms with E-state index in [9.17, 15) is 23.5 Å². The minimum Gasteiger partial charge on any atom is -0.494 e. The molecule has 4 aromatic rings. The highest BCUT2D eigenvalue weighted by Crippen LogP contribution is 2.34. The predicted molar refractivity (Wildman–Crippen MR) is 112 cm³/mol. The largest absolute Gasteiger partial charge is 0.494 e. The van der Waals surface area contributed by atoms with Crippen LogP contribution in [-0.4, -0.2) is 26.6 Å². The first-order valence-corrected chi connectivity index (χ1v) is 9.69. The van der Waals surface area contributed by atoms with E-state index in [0.717, 1.165) is 6.20 Å². The third-order valence-corrected chi connectivity index (χ3v) is 5.63. The Bertz CT molecular complexity index is 1380. The summed E-state index contributed by atoms with van der Waals surface area (Å²) >= 11 is 0. The zero-order valence-electron chi connectivity index (χ0n) is 16.5. The van der Waals surface area contributed by atoms with Gasteiger partial charge < -0.3 is 15.0 Å². The molecule has 2 aromatic heterocycles. The lowest BCUT2D eigenvalue weighted by Gasteiger charge is -2.27. The first-order valence-electron chi connectivity index (χ1n) is 9.69. The highest BCUT2D eigenvalue weighted by Gasteiger charge is 2.48. The van der Waals surface area contributed by atoms with Gasteiger partial charge in [-0.3, -0.25) is 15.1 Å². The molecular formula is C23H16F2N4O3. The number of carbonyl (C=O) groups is 2. The normalized spacial score (nSPS) is 18.1. The minimum absolute atomic E-state index is 0.143. The number of rotatable bonds is 4. The molecule has 0 aliphatic carbocycles. The van der Waals surface area contributed by atoms with E-state index in [-0.39, 0.29) is 17.8 Å². The molecule has 3 amide bonds. The Morgan fingerprint density at radius 3 is 2.53 bits per heavy atom. The summed E-state index contributed by atoms with van der Waals surface area (Å²) < 4.78 is 29.1. The Hall–Kier alpha value is -4.27. The van der Waals surface area contributed by atoms with Crippen LogP contribution in [0.1, 0.15) is 5.56 Å². The summed E-state index contributed by atoms with van der Waals surface area (Å²) in [6.07, 6.45) is 4.16. The second-order valence-corrected chi connectivity index (χ2v) is 7.56. The fourth-order valence-corrected chi connectivity index (χ4v) is 4.04. The Morgan fingerprint density at radius 2 is 1.84 bits per heavy atom. The summed E-state index contributed by atoms with van der Waals surface area (Å²) in [7, 11) is 0. The summed E-state index contributed by atoms with van der Waals surface area (Å²) in [5.41, 5.74) is -0.185. The van der Waals surface area contributed by atoms with Gasteiger partial charge in [0.1, 0.15) is 11.6 Å². The van der Waals surface area contributed by atoms with Crippen molar-refractivity contribution >= 4 is 22.7 Å². The van der Waals surface area contributed by atoms with Gasteiger partial charge in [0.2, 0.25) is 0 Å². The number of nitrogens with zero attached hydrogens (tertiary/aromatic N) is 2. The van der Waals surface area contributed by atoms with Crippen LogP contribution in [-0.2, 0) is 16.9 Å². The van der Waals surface area contributed by atoms with Gasteiger partial charge in [-0.1, -0.05) is 24.3 Å². The average Bonchev–Trinajstić information content (AvgIpc) is 3.24. The van der Waals surface area contributed by atoms with E-state index in [1.165, 1.54) is 35.0 Å². The van der Waals surface area contributed by atoms with Crippen molar-refractivity contribution < 1.29 is 23.5 Å². The number of aromatic nitrogens is 2. The van der Waals surface area contributed by atoms with Gasteiger partial charge in [-0.25, -0.2) is 13.6 Å². The van der Waals surface area contributed by atoms with E-state index < -0.39 is 29.1 Å². The molecule has 5 rings (SSSR count). The van der Waals surface area contributed by atoms with Gasteiger partial charge in [-0.15, -0.1) is 0 Å². The maximum Gasteiger partial charge on any atom is 0.322 e. The summed E-state index contributed by atoms with van der Waals surface area (Å²) in [5.74, 6) is -1.83. The number of imide groups is 1. The van der Waals surface area contributed by atoms with Gasteiger partial charge >= 0.3 is 6.03 Å². The molecule has 9 heteroatoms. The first-order chi connectivity index (χ1) is 15.4. The fraction of sp³-hybridized carbons (Fsp3) is 0.0870. The van der Waals surface area contributed by atoms with Gasteiger partial charge in [-0.2, -0.15) is 0 Å². The minimum atomic E-state index is -1.53. The average molecular weight is 434 g/mol. The molecule has 0 bridgehead atoms. The molecule has 0 unspecified atom stereocenters. The quantitative estimate of drug-likeness (QED) is 0.429. The van der Waals surface area contributed by atoms with E-state index in [1.807, 2.05) is 0 Å². The lowest BCUT2D eigenvalue weighted by atomic mass is 9.88. The number of fused-ring (bicyclic) bond motifs is 1. The number of nitrogens with one attached hydrogen (secondary N) is 2. The number of halogens is 2. The maximum absolute atomic E-state index is 14.1. The molecule has 0 radical (unpaired) electrons. The van der Waals surface area contributed by atoms with Crippen LogP contribution in [0.5, 0.6) is 5.88 Å². The number of hydrogen-bond donors (Lipinski definition) is 3. The number of aromatic hydroxyl groups is 1. The first kappa shape index (κ1) is 19.7. The number of amides is 3. The van der Waals surface area contributed by atoms with E-state index >= 15 is 0 Å². The van der Waals surface area contributed by atoms with Crippen molar-refractivity contribution in [3.8, 4) is 17.0 Å². The molecule has 3 N–H and O–H groups in total. The zero-order chi connectivity index (χ0) is 22.5. The maximum atomic E-state index is 14.1. The van der Waals surface area contributed by atoms with Crippen LogP contribution in [0.2, 0.25) is 0 Å². The van der Waals surface area contributed by atoms with E-state index in [1.54, 1.807) is 30.5 Å². The molecule has 1 aliphatic rings. The molecule has 3 heterocycles. The van der Waals surface area contributed by atoms with E-state index in [0.29, 0.717) is 22.1 Å². The van der Waals surface area contributed by atoms with Crippen molar-refractivity contribution in [2.75, 3.05) is 0 Å². The summed E-state index contributed by atoms with van der Waals surface area (Å²) in [6.45, 7) is -0.143. The third kappa shape index (κ3) is 3.06. The third-order valence-electron chi connectivity index (χ3n) is 5.63. The van der Waals surface area contributed by atoms with Crippen LogP contribution >= 0.6 is 0 Å². The van der Waals surface area contributed by atoms with Crippen molar-refractivity contribution in [1.29, 1.82) is 0 Å². The van der Waals surface area contributed by atoms with Gasteiger partial charge in [-0.05, 0) is 35.4 Å². The lowest BCUT2D eigenvalue weighted by molar-refractivity contribution is -0.124. The molecule has 1 saturated heterocycles. The number of carbonyl (C=O) groups excluding carboxylic acids is 2. The van der Waals surface area contributed by atoms with Crippen LogP contribution in [0.25, 0.3) is 21.9 Å². The molecule has 1 atom stereocenters. The second-order valence-electron chi connectivity index (χ2n) is 7.56. The van der Waals surface area contributed by atoms with Gasteiger partial charge in [0.15, 0.2) is 11.4 Å². The van der Waals surface area contributed by atoms with Gasteiger partial charge in [0.05, 0.1) is 12.7 Å². The SMILES string of the molecule is O=C1NC(=O)[C@](Cn2cc3ccc(F)cc3c2O)(c2ccc(-c3ccncc3F)cc2)N1. The smallest absolute Gasteiger partial charge is 0.322 e. The number of urea groups is 1. The summed E-state index contributed by atoms with van der Waals surface area (Å²) in [4.78, 5) is 28.7. The van der Waals surface area contributed by atoms with Crippen molar-refractivity contribution in [1.82, 2.24) is 20.2 Å². The number of pyridine rings is 1. The molecule has 160 valence electrons. The molecule has 1 aliphatic heterocycles. The Labute approximate surface area is 180 Å². The summed E-state index contributed by atoms with van der Waals surface area (Å²) in [5, 5.41) is 16.4. The Kier molecular flexibility index (Phi) is 4.40. The number of benzene rings is 2. The van der Waals surface area contributed by atoms with Crippen molar-refractivity contribution in [3.63, 3.8) is 0 Å². The predicted octanol–water partition coefficient (Wildman–Crippen LogP) is 3.42. The Balaban J connectivity index is 1.58. The van der Waals surface area contributed by atoms with Gasteiger partial charge in [0, 0.05) is 28.7 Å². The highest BCUT2D eigenvalue weighted by atomic mass is 19.1. The zero-order valence-corrected chi connectivity index (χ0v) is 16.5. The molecular weight excluding hydrogens is 418 g/mol. The molecule has 32 heavy (non-hydrogen) atoms. The summed E-state index contributed by atoms with van der Waals surface area (Å²) in [6, 6.07) is 11.3. The molecule has 0 spiro atoms. The lowest BCUT2D eigenvalue weighted by Crippen LogP contribution is -2.47.